The van der Waals surface area contributed by atoms with E-state index in [-0.39, 0.29) is 30.2 Å². The third kappa shape index (κ3) is 4.41. The molecular formula is C25H26N6O3S. The van der Waals surface area contributed by atoms with Crippen molar-refractivity contribution in [1.29, 1.82) is 0 Å². The van der Waals surface area contributed by atoms with Gasteiger partial charge in [-0.2, -0.15) is 15.0 Å². The number of anilines is 3. The number of ether oxygens (including phenoxy) is 1. The molecule has 3 aromatic rings. The second-order valence-corrected chi connectivity index (χ2v) is 9.72. The van der Waals surface area contributed by atoms with Crippen LogP contribution >= 0.6 is 11.8 Å². The van der Waals surface area contributed by atoms with Crippen LogP contribution < -0.4 is 11.1 Å². The summed E-state index contributed by atoms with van der Waals surface area (Å²) in [4.78, 5) is 39.7. The second kappa shape index (κ2) is 9.53. The van der Waals surface area contributed by atoms with Gasteiger partial charge in [0.05, 0.1) is 0 Å². The summed E-state index contributed by atoms with van der Waals surface area (Å²) in [5.41, 5.74) is 8.89. The summed E-state index contributed by atoms with van der Waals surface area (Å²) in [5.74, 6) is 0.492. The van der Waals surface area contributed by atoms with Crippen molar-refractivity contribution in [3.63, 3.8) is 0 Å². The van der Waals surface area contributed by atoms with Crippen molar-refractivity contribution in [3.05, 3.63) is 71.5 Å². The maximum atomic E-state index is 13.1. The van der Waals surface area contributed by atoms with E-state index in [1.165, 1.54) is 0 Å². The van der Waals surface area contributed by atoms with Crippen LogP contribution in [0.1, 0.15) is 36.7 Å². The average molecular weight is 491 g/mol. The summed E-state index contributed by atoms with van der Waals surface area (Å²) >= 11 is 1.62. The average Bonchev–Trinajstić information content (AvgIpc) is 3.42. The normalized spacial score (nSPS) is 21.1. The van der Waals surface area contributed by atoms with E-state index in [9.17, 15) is 9.59 Å². The molecule has 2 aliphatic heterocycles. The Bertz CT molecular complexity index is 1260. The Labute approximate surface area is 207 Å². The highest BCUT2D eigenvalue weighted by molar-refractivity contribution is 8.00. The van der Waals surface area contributed by atoms with Crippen molar-refractivity contribution in [2.75, 3.05) is 16.8 Å². The molecule has 0 radical (unpaired) electrons. The van der Waals surface area contributed by atoms with Crippen molar-refractivity contribution in [2.24, 2.45) is 0 Å². The molecule has 35 heavy (non-hydrogen) atoms. The molecule has 2 fully saturated rings. The van der Waals surface area contributed by atoms with Crippen LogP contribution in [0.25, 0.3) is 0 Å². The zero-order valence-electron chi connectivity index (χ0n) is 19.3. The zero-order valence-corrected chi connectivity index (χ0v) is 20.1. The van der Waals surface area contributed by atoms with E-state index in [1.54, 1.807) is 16.7 Å². The number of nitrogen functional groups attached to an aromatic ring is 1. The fraction of sp³-hybridized carbons (Fsp3) is 0.320. The predicted molar refractivity (Wildman–Crippen MR) is 134 cm³/mol. The first-order valence-electron chi connectivity index (χ1n) is 11.5. The van der Waals surface area contributed by atoms with E-state index in [2.05, 4.69) is 27.2 Å². The lowest BCUT2D eigenvalue weighted by Gasteiger charge is -2.33. The number of nitrogens with two attached hydrogens (primary N) is 1. The van der Waals surface area contributed by atoms with Gasteiger partial charge in [0, 0.05) is 17.9 Å². The molecule has 5 rings (SSSR count). The van der Waals surface area contributed by atoms with Gasteiger partial charge >= 0.3 is 5.97 Å². The van der Waals surface area contributed by atoms with Gasteiger partial charge in [0.25, 0.3) is 0 Å². The Balaban J connectivity index is 1.30. The first kappa shape index (κ1) is 23.1. The fourth-order valence-corrected chi connectivity index (χ4v) is 6.31. The molecule has 0 bridgehead atoms. The molecule has 0 saturated carbocycles. The molecule has 180 valence electrons. The molecule has 2 aromatic carbocycles. The quantitative estimate of drug-likeness (QED) is 0.480. The number of esters is 1. The maximum absolute atomic E-state index is 13.1. The number of thioether (sulfide) groups is 1. The Morgan fingerprint density at radius 3 is 2.74 bits per heavy atom. The Kier molecular flexibility index (Phi) is 6.29. The molecule has 9 nitrogen and oxygen atoms in total. The van der Waals surface area contributed by atoms with Crippen LogP contribution in [-0.4, -0.2) is 43.5 Å². The van der Waals surface area contributed by atoms with Crippen LogP contribution in [0.15, 0.2) is 54.6 Å². The Hall–Kier alpha value is -3.66. The number of benzene rings is 2. The zero-order chi connectivity index (χ0) is 24.4. The molecule has 0 aliphatic carbocycles. The molecule has 1 amide bonds. The molecule has 10 heteroatoms. The van der Waals surface area contributed by atoms with Gasteiger partial charge in [-0.1, -0.05) is 55.5 Å². The minimum atomic E-state index is -0.664. The van der Waals surface area contributed by atoms with Crippen molar-refractivity contribution < 1.29 is 14.3 Å². The van der Waals surface area contributed by atoms with Gasteiger partial charge < -0.3 is 20.7 Å². The number of fused-ring (bicyclic) bond motifs is 1. The number of aryl methyl sites for hydroxylation is 1. The molecule has 0 spiro atoms. The molecule has 1 aromatic heterocycles. The minimum absolute atomic E-state index is 0.0248. The molecule has 3 N–H and O–H groups in total. The number of carbonyl (C=O) groups is 2. The lowest BCUT2D eigenvalue weighted by molar-refractivity contribution is -0.155. The van der Waals surface area contributed by atoms with Gasteiger partial charge in [-0.15, -0.1) is 11.8 Å². The van der Waals surface area contributed by atoms with Gasteiger partial charge in [-0.05, 0) is 30.0 Å². The van der Waals surface area contributed by atoms with E-state index in [0.29, 0.717) is 18.6 Å². The number of rotatable bonds is 7. The van der Waals surface area contributed by atoms with Crippen molar-refractivity contribution >= 4 is 41.2 Å². The predicted octanol–water partition coefficient (Wildman–Crippen LogP) is 3.39. The number of aromatic nitrogens is 3. The van der Waals surface area contributed by atoms with Gasteiger partial charge in [0.2, 0.25) is 17.8 Å². The lowest BCUT2D eigenvalue weighted by atomic mass is 10.0. The van der Waals surface area contributed by atoms with Crippen molar-refractivity contribution in [3.8, 4) is 0 Å². The number of amides is 1. The number of carbonyl (C=O) groups excluding carboxylic acids is 2. The third-order valence-electron chi connectivity index (χ3n) is 6.31. The molecule has 2 saturated heterocycles. The van der Waals surface area contributed by atoms with Crippen LogP contribution in [0.5, 0.6) is 0 Å². The van der Waals surface area contributed by atoms with Crippen LogP contribution in [0.4, 0.5) is 17.6 Å². The van der Waals surface area contributed by atoms with Crippen LogP contribution in [0.3, 0.4) is 0 Å². The summed E-state index contributed by atoms with van der Waals surface area (Å²) in [5, 5.41) is 3.17. The van der Waals surface area contributed by atoms with Crippen LogP contribution in [-0.2, 0) is 32.2 Å². The number of hydrogen-bond acceptors (Lipinski definition) is 9. The number of para-hydroxylation sites is 1. The van der Waals surface area contributed by atoms with Crippen molar-refractivity contribution in [2.45, 2.75) is 43.7 Å². The van der Waals surface area contributed by atoms with E-state index in [4.69, 9.17) is 10.5 Å². The lowest BCUT2D eigenvalue weighted by Crippen LogP contribution is -2.46. The van der Waals surface area contributed by atoms with Gasteiger partial charge in [-0.25, -0.2) is 4.79 Å². The first-order chi connectivity index (χ1) is 17.0. The Morgan fingerprint density at radius 2 is 1.94 bits per heavy atom. The van der Waals surface area contributed by atoms with Crippen molar-refractivity contribution in [1.82, 2.24) is 19.9 Å². The highest BCUT2D eigenvalue weighted by Gasteiger charge is 2.57. The van der Waals surface area contributed by atoms with Crippen LogP contribution in [0, 0.1) is 0 Å². The monoisotopic (exact) mass is 490 g/mol. The summed E-state index contributed by atoms with van der Waals surface area (Å²) < 4.78 is 5.57. The van der Waals surface area contributed by atoms with E-state index >= 15 is 0 Å². The molecular weight excluding hydrogens is 464 g/mol. The van der Waals surface area contributed by atoms with E-state index in [1.807, 2.05) is 54.6 Å². The number of nitrogens with one attached hydrogen (secondary N) is 1. The van der Waals surface area contributed by atoms with Gasteiger partial charge in [-0.3, -0.25) is 4.79 Å². The third-order valence-corrected chi connectivity index (χ3v) is 7.91. The SMILES string of the molecule is CCc1ccccc1Nc1nc(N)nc(COC(=O)[C@@H]2CS[C@@]3(c4ccccc4)CCC(=O)N23)n1. The van der Waals surface area contributed by atoms with Gasteiger partial charge in [0.1, 0.15) is 10.9 Å². The molecule has 3 heterocycles. The summed E-state index contributed by atoms with van der Waals surface area (Å²) in [6, 6.07) is 17.0. The number of nitrogens with zero attached hydrogens (tertiary/aromatic N) is 4. The Morgan fingerprint density at radius 1 is 1.17 bits per heavy atom. The molecule has 2 atom stereocenters. The maximum Gasteiger partial charge on any atom is 0.330 e. The minimum Gasteiger partial charge on any atom is -0.456 e. The van der Waals surface area contributed by atoms with Gasteiger partial charge in [0.15, 0.2) is 12.4 Å². The molecule has 0 unspecified atom stereocenters. The molecule has 2 aliphatic rings. The van der Waals surface area contributed by atoms with E-state index in [0.717, 1.165) is 23.2 Å². The summed E-state index contributed by atoms with van der Waals surface area (Å²) in [6.45, 7) is 1.89. The summed E-state index contributed by atoms with van der Waals surface area (Å²) in [6.07, 6.45) is 1.92. The highest BCUT2D eigenvalue weighted by atomic mass is 32.2. The number of hydrogen-bond donors (Lipinski definition) is 2. The fourth-order valence-electron chi connectivity index (χ4n) is 4.68. The smallest absolute Gasteiger partial charge is 0.330 e. The van der Waals surface area contributed by atoms with E-state index < -0.39 is 16.9 Å². The summed E-state index contributed by atoms with van der Waals surface area (Å²) in [7, 11) is 0. The standard InChI is InChI=1S/C25H26N6O3S/c1-2-16-8-6-7-11-18(16)27-24-29-20(28-23(26)30-24)14-34-22(33)19-15-35-25(13-12-21(32)31(19)25)17-9-4-3-5-10-17/h3-11,19H,2,12-15H2,1H3,(H3,26,27,28,29,30)/t19-,25+/m0/s1. The van der Waals surface area contributed by atoms with Crippen LogP contribution in [0.2, 0.25) is 0 Å². The highest BCUT2D eigenvalue weighted by Crippen LogP contribution is 2.54. The second-order valence-electron chi connectivity index (χ2n) is 8.42. The largest absolute Gasteiger partial charge is 0.456 e. The first-order valence-corrected chi connectivity index (χ1v) is 12.5. The topological polar surface area (TPSA) is 123 Å².